The van der Waals surface area contributed by atoms with Crippen molar-refractivity contribution in [2.75, 3.05) is 0 Å². The van der Waals surface area contributed by atoms with Gasteiger partial charge in [0.1, 0.15) is 6.04 Å². The van der Waals surface area contributed by atoms with Crippen molar-refractivity contribution in [3.63, 3.8) is 0 Å². The monoisotopic (exact) mass is 590 g/mol. The van der Waals surface area contributed by atoms with Crippen molar-refractivity contribution in [2.24, 2.45) is 0 Å². The van der Waals surface area contributed by atoms with Crippen LogP contribution in [0.1, 0.15) is 48.8 Å². The van der Waals surface area contributed by atoms with Crippen LogP contribution in [-0.2, 0) is 29.0 Å². The minimum absolute atomic E-state index is 0.0171. The van der Waals surface area contributed by atoms with Gasteiger partial charge in [0.25, 0.3) is 0 Å². The Labute approximate surface area is 244 Å². The number of benzene rings is 3. The minimum atomic E-state index is -0.746. The van der Waals surface area contributed by atoms with Gasteiger partial charge in [-0.25, -0.2) is 0 Å². The second-order valence-electron chi connectivity index (χ2n) is 9.72. The molecule has 1 atom stereocenters. The highest BCUT2D eigenvalue weighted by Crippen LogP contribution is 2.27. The predicted molar refractivity (Wildman–Crippen MR) is 156 cm³/mol. The summed E-state index contributed by atoms with van der Waals surface area (Å²) in [5.74, 6) is -0.402. The summed E-state index contributed by atoms with van der Waals surface area (Å²) in [5.41, 5.74) is 2.30. The molecule has 8 heteroatoms. The Morgan fingerprint density at radius 3 is 2.03 bits per heavy atom. The molecule has 4 rings (SSSR count). The number of rotatable bonds is 9. The molecule has 0 spiro atoms. The van der Waals surface area contributed by atoms with Gasteiger partial charge in [-0.15, -0.1) is 0 Å². The molecule has 200 valence electrons. The largest absolute Gasteiger partial charge is 0.352 e. The molecule has 1 fully saturated rings. The average Bonchev–Trinajstić information content (AvgIpc) is 2.90. The van der Waals surface area contributed by atoms with E-state index in [-0.39, 0.29) is 30.8 Å². The lowest BCUT2D eigenvalue weighted by Gasteiger charge is -2.34. The van der Waals surface area contributed by atoms with Gasteiger partial charge in [-0.3, -0.25) is 9.59 Å². The van der Waals surface area contributed by atoms with E-state index in [2.05, 4.69) is 5.32 Å². The van der Waals surface area contributed by atoms with Crippen molar-refractivity contribution in [1.29, 1.82) is 0 Å². The molecule has 38 heavy (non-hydrogen) atoms. The Hall–Kier alpha value is -2.24. The van der Waals surface area contributed by atoms with Crippen LogP contribution in [0.3, 0.4) is 0 Å². The van der Waals surface area contributed by atoms with Gasteiger partial charge in [0.05, 0.1) is 6.42 Å². The Kier molecular flexibility index (Phi) is 10.4. The molecular formula is C30H30Cl4N2O2. The summed E-state index contributed by atoms with van der Waals surface area (Å²) in [6.45, 7) is 0.148. The van der Waals surface area contributed by atoms with E-state index in [1.807, 2.05) is 30.3 Å². The number of hydrogen-bond donors (Lipinski definition) is 1. The van der Waals surface area contributed by atoms with Crippen LogP contribution < -0.4 is 5.32 Å². The molecule has 2 amide bonds. The van der Waals surface area contributed by atoms with E-state index in [4.69, 9.17) is 46.4 Å². The van der Waals surface area contributed by atoms with Gasteiger partial charge < -0.3 is 10.2 Å². The summed E-state index contributed by atoms with van der Waals surface area (Å²) < 4.78 is 0. The molecule has 4 nitrogen and oxygen atoms in total. The Morgan fingerprint density at radius 1 is 0.816 bits per heavy atom. The first-order chi connectivity index (χ1) is 18.3. The fraction of sp³-hybridized carbons (Fsp3) is 0.333. The summed E-state index contributed by atoms with van der Waals surface area (Å²) in [6, 6.07) is 19.3. The van der Waals surface area contributed by atoms with Gasteiger partial charge in [0, 0.05) is 39.1 Å². The molecule has 1 N–H and O–H groups in total. The standard InChI is InChI=1S/C30H30Cl4N2O2/c31-23-13-11-21(26(33)17-23)16-29(37)36(19-22-12-14-24(32)18-27(22)34)28(15-20-7-3-1-4-8-20)30(38)35-25-9-5-2-6-10-25/h1,3-4,7-8,11-14,17-18,25,28H,2,5-6,9-10,15-16,19H2,(H,35,38)/t28-/m0/s1. The number of amides is 2. The van der Waals surface area contributed by atoms with Crippen molar-refractivity contribution in [3.8, 4) is 0 Å². The van der Waals surface area contributed by atoms with E-state index in [1.165, 1.54) is 6.42 Å². The zero-order valence-corrected chi connectivity index (χ0v) is 24.0. The van der Waals surface area contributed by atoms with E-state index in [9.17, 15) is 9.59 Å². The second kappa shape index (κ2) is 13.7. The summed E-state index contributed by atoms with van der Waals surface area (Å²) in [7, 11) is 0. The molecule has 0 radical (unpaired) electrons. The van der Waals surface area contributed by atoms with E-state index in [0.717, 1.165) is 31.2 Å². The number of halogens is 4. The molecule has 0 aromatic heterocycles. The second-order valence-corrected chi connectivity index (χ2v) is 11.4. The normalized spacial score (nSPS) is 14.6. The predicted octanol–water partition coefficient (Wildman–Crippen LogP) is 7.93. The lowest BCUT2D eigenvalue weighted by molar-refractivity contribution is -0.141. The lowest BCUT2D eigenvalue weighted by atomic mass is 9.94. The third-order valence-corrected chi connectivity index (χ3v) is 8.11. The topological polar surface area (TPSA) is 49.4 Å². The first-order valence-electron chi connectivity index (χ1n) is 12.8. The number of carbonyl (C=O) groups is 2. The number of carbonyl (C=O) groups excluding carboxylic acids is 2. The Bertz CT molecular complexity index is 1260. The van der Waals surface area contributed by atoms with Crippen LogP contribution in [0.25, 0.3) is 0 Å². The first kappa shape index (κ1) is 28.8. The van der Waals surface area contributed by atoms with Gasteiger partial charge in [-0.2, -0.15) is 0 Å². The average molecular weight is 592 g/mol. The SMILES string of the molecule is O=C(NC1CCCCC1)[C@H](Cc1ccccc1)N(Cc1ccc(Cl)cc1Cl)C(=O)Cc1ccc(Cl)cc1Cl. The summed E-state index contributed by atoms with van der Waals surface area (Å²) in [5, 5.41) is 5.07. The molecule has 1 aliphatic rings. The minimum Gasteiger partial charge on any atom is -0.352 e. The summed E-state index contributed by atoms with van der Waals surface area (Å²) >= 11 is 25.1. The summed E-state index contributed by atoms with van der Waals surface area (Å²) in [4.78, 5) is 29.4. The van der Waals surface area contributed by atoms with Gasteiger partial charge in [0.2, 0.25) is 11.8 Å². The van der Waals surface area contributed by atoms with Gasteiger partial charge in [0.15, 0.2) is 0 Å². The fourth-order valence-electron chi connectivity index (χ4n) is 4.86. The number of nitrogens with zero attached hydrogens (tertiary/aromatic N) is 1. The van der Waals surface area contributed by atoms with Crippen LogP contribution in [0.4, 0.5) is 0 Å². The quantitative estimate of drug-likeness (QED) is 0.275. The fourth-order valence-corrected chi connectivity index (χ4v) is 5.80. The van der Waals surface area contributed by atoms with Gasteiger partial charge in [-0.1, -0.05) is 108 Å². The zero-order valence-electron chi connectivity index (χ0n) is 20.9. The van der Waals surface area contributed by atoms with Crippen LogP contribution in [0, 0.1) is 0 Å². The summed E-state index contributed by atoms with van der Waals surface area (Å²) in [6.07, 6.45) is 5.64. The van der Waals surface area contributed by atoms with Crippen LogP contribution >= 0.6 is 46.4 Å². The van der Waals surface area contributed by atoms with E-state index in [0.29, 0.717) is 37.6 Å². The van der Waals surface area contributed by atoms with Crippen LogP contribution in [0.2, 0.25) is 20.1 Å². The van der Waals surface area contributed by atoms with E-state index in [1.54, 1.807) is 41.3 Å². The van der Waals surface area contributed by atoms with Crippen LogP contribution in [0.5, 0.6) is 0 Å². The van der Waals surface area contributed by atoms with E-state index < -0.39 is 6.04 Å². The number of hydrogen-bond acceptors (Lipinski definition) is 2. The molecule has 1 saturated carbocycles. The third kappa shape index (κ3) is 7.89. The van der Waals surface area contributed by atoms with Gasteiger partial charge >= 0.3 is 0 Å². The molecule has 0 unspecified atom stereocenters. The molecular weight excluding hydrogens is 562 g/mol. The molecule has 0 heterocycles. The van der Waals surface area contributed by atoms with E-state index >= 15 is 0 Å². The maximum Gasteiger partial charge on any atom is 0.243 e. The van der Waals surface area contributed by atoms with Gasteiger partial charge in [-0.05, 0) is 53.8 Å². The first-order valence-corrected chi connectivity index (χ1v) is 14.3. The Balaban J connectivity index is 1.69. The highest BCUT2D eigenvalue weighted by molar-refractivity contribution is 6.35. The van der Waals surface area contributed by atoms with Crippen molar-refractivity contribution in [3.05, 3.63) is 104 Å². The third-order valence-electron chi connectivity index (χ3n) is 6.94. The number of nitrogens with one attached hydrogen (secondary N) is 1. The molecule has 1 aliphatic carbocycles. The van der Waals surface area contributed by atoms with Crippen molar-refractivity contribution < 1.29 is 9.59 Å². The lowest BCUT2D eigenvalue weighted by Crippen LogP contribution is -2.53. The molecule has 0 aliphatic heterocycles. The molecule has 3 aromatic carbocycles. The zero-order chi connectivity index (χ0) is 27.1. The smallest absolute Gasteiger partial charge is 0.243 e. The van der Waals surface area contributed by atoms with Crippen molar-refractivity contribution >= 4 is 58.2 Å². The van der Waals surface area contributed by atoms with Crippen LogP contribution in [0.15, 0.2) is 66.7 Å². The highest BCUT2D eigenvalue weighted by atomic mass is 35.5. The molecule has 3 aromatic rings. The Morgan fingerprint density at radius 2 is 1.42 bits per heavy atom. The maximum absolute atomic E-state index is 13.9. The highest BCUT2D eigenvalue weighted by Gasteiger charge is 2.32. The molecule has 0 saturated heterocycles. The van der Waals surface area contributed by atoms with Crippen LogP contribution in [-0.4, -0.2) is 28.8 Å². The molecule has 0 bridgehead atoms. The van der Waals surface area contributed by atoms with Crippen molar-refractivity contribution in [2.45, 2.75) is 63.6 Å². The van der Waals surface area contributed by atoms with Crippen molar-refractivity contribution in [1.82, 2.24) is 10.2 Å². The maximum atomic E-state index is 13.9.